The first-order valence-corrected chi connectivity index (χ1v) is 7.21. The predicted molar refractivity (Wildman–Crippen MR) is 87.2 cm³/mol. The summed E-state index contributed by atoms with van der Waals surface area (Å²) in [5, 5.41) is 3.31. The quantitative estimate of drug-likeness (QED) is 0.883. The Balaban J connectivity index is 2.25. The Morgan fingerprint density at radius 1 is 1.24 bits per heavy atom. The second-order valence-electron chi connectivity index (χ2n) is 5.21. The Labute approximate surface area is 126 Å². The zero-order valence-corrected chi connectivity index (χ0v) is 13.2. The molecule has 1 aromatic carbocycles. The Bertz CT molecular complexity index is 596. The van der Waals surface area contributed by atoms with Crippen LogP contribution < -0.4 is 15.0 Å². The number of pyridine rings is 1. The fourth-order valence-electron chi connectivity index (χ4n) is 2.00. The second-order valence-corrected chi connectivity index (χ2v) is 5.21. The molecule has 0 radical (unpaired) electrons. The summed E-state index contributed by atoms with van der Waals surface area (Å²) in [6, 6.07) is 10.1. The fourth-order valence-corrected chi connectivity index (χ4v) is 2.00. The standard InChI is InChI=1S/C17H23N3O/c1-5-18-11-14-12-19-13(2)9-17(14)21-16-8-6-7-15(10-16)20(3)4/h6-10,12,18H,5,11H2,1-4H3. The molecule has 0 saturated heterocycles. The van der Waals surface area contributed by atoms with Gasteiger partial charge in [-0.15, -0.1) is 0 Å². The first-order chi connectivity index (χ1) is 10.1. The third-order valence-corrected chi connectivity index (χ3v) is 3.21. The van der Waals surface area contributed by atoms with Crippen molar-refractivity contribution >= 4 is 5.69 Å². The minimum absolute atomic E-state index is 0.756. The zero-order valence-electron chi connectivity index (χ0n) is 13.2. The summed E-state index contributed by atoms with van der Waals surface area (Å²) in [6.45, 7) is 5.73. The van der Waals surface area contributed by atoms with Crippen LogP contribution in [-0.4, -0.2) is 25.6 Å². The van der Waals surface area contributed by atoms with Gasteiger partial charge in [0.25, 0.3) is 0 Å². The van der Waals surface area contributed by atoms with Crippen LogP contribution >= 0.6 is 0 Å². The van der Waals surface area contributed by atoms with Crippen molar-refractivity contribution in [1.82, 2.24) is 10.3 Å². The normalized spacial score (nSPS) is 10.5. The summed E-state index contributed by atoms with van der Waals surface area (Å²) in [6.07, 6.45) is 1.88. The lowest BCUT2D eigenvalue weighted by molar-refractivity contribution is 0.471. The van der Waals surface area contributed by atoms with E-state index in [0.717, 1.165) is 41.5 Å². The Morgan fingerprint density at radius 3 is 2.76 bits per heavy atom. The lowest BCUT2D eigenvalue weighted by Gasteiger charge is -2.15. The molecule has 0 unspecified atom stereocenters. The van der Waals surface area contributed by atoms with Gasteiger partial charge in [0.05, 0.1) is 0 Å². The minimum Gasteiger partial charge on any atom is -0.457 e. The molecule has 1 heterocycles. The fraction of sp³-hybridized carbons (Fsp3) is 0.353. The van der Waals surface area contributed by atoms with Crippen molar-refractivity contribution in [3.05, 3.63) is 47.8 Å². The van der Waals surface area contributed by atoms with Gasteiger partial charge in [0, 0.05) is 55.9 Å². The third kappa shape index (κ3) is 4.20. The van der Waals surface area contributed by atoms with E-state index in [1.807, 2.05) is 51.5 Å². The van der Waals surface area contributed by atoms with Crippen LogP contribution in [0.3, 0.4) is 0 Å². The van der Waals surface area contributed by atoms with Crippen LogP contribution in [-0.2, 0) is 6.54 Å². The van der Waals surface area contributed by atoms with Gasteiger partial charge in [-0.3, -0.25) is 4.98 Å². The molecular weight excluding hydrogens is 262 g/mol. The van der Waals surface area contributed by atoms with Gasteiger partial charge in [-0.1, -0.05) is 13.0 Å². The lowest BCUT2D eigenvalue weighted by atomic mass is 10.2. The Kier molecular flexibility index (Phi) is 5.17. The monoisotopic (exact) mass is 285 g/mol. The molecule has 0 spiro atoms. The zero-order chi connectivity index (χ0) is 15.2. The topological polar surface area (TPSA) is 37.4 Å². The molecule has 0 saturated carbocycles. The van der Waals surface area contributed by atoms with Crippen molar-refractivity contribution in [2.75, 3.05) is 25.5 Å². The van der Waals surface area contributed by atoms with Crippen LogP contribution in [0.15, 0.2) is 36.5 Å². The second kappa shape index (κ2) is 7.09. The largest absolute Gasteiger partial charge is 0.457 e. The number of nitrogens with zero attached hydrogens (tertiary/aromatic N) is 2. The minimum atomic E-state index is 0.756. The van der Waals surface area contributed by atoms with Crippen molar-refractivity contribution in [3.63, 3.8) is 0 Å². The summed E-state index contributed by atoms with van der Waals surface area (Å²) in [5.74, 6) is 1.70. The van der Waals surface area contributed by atoms with E-state index in [9.17, 15) is 0 Å². The number of aromatic nitrogens is 1. The van der Waals surface area contributed by atoms with Gasteiger partial charge in [0.2, 0.25) is 0 Å². The van der Waals surface area contributed by atoms with Crippen molar-refractivity contribution in [2.24, 2.45) is 0 Å². The number of ether oxygens (including phenoxy) is 1. The summed E-state index contributed by atoms with van der Waals surface area (Å²) in [4.78, 5) is 6.41. The molecule has 2 rings (SSSR count). The number of nitrogens with one attached hydrogen (secondary N) is 1. The highest BCUT2D eigenvalue weighted by molar-refractivity contribution is 5.50. The number of hydrogen-bond donors (Lipinski definition) is 1. The molecule has 1 N–H and O–H groups in total. The number of benzene rings is 1. The van der Waals surface area contributed by atoms with Crippen LogP contribution in [0.4, 0.5) is 5.69 Å². The van der Waals surface area contributed by atoms with Crippen molar-refractivity contribution < 1.29 is 4.74 Å². The average Bonchev–Trinajstić information content (AvgIpc) is 2.47. The predicted octanol–water partition coefficient (Wildman–Crippen LogP) is 3.36. The Morgan fingerprint density at radius 2 is 2.05 bits per heavy atom. The molecule has 0 amide bonds. The molecule has 0 aliphatic heterocycles. The van der Waals surface area contributed by atoms with Gasteiger partial charge >= 0.3 is 0 Å². The van der Waals surface area contributed by atoms with E-state index >= 15 is 0 Å². The molecule has 0 fully saturated rings. The molecule has 21 heavy (non-hydrogen) atoms. The first-order valence-electron chi connectivity index (χ1n) is 7.21. The molecule has 2 aromatic rings. The van der Waals surface area contributed by atoms with Gasteiger partial charge < -0.3 is 15.0 Å². The van der Waals surface area contributed by atoms with Crippen molar-refractivity contribution in [3.8, 4) is 11.5 Å². The molecule has 4 heteroatoms. The lowest BCUT2D eigenvalue weighted by Crippen LogP contribution is -2.13. The van der Waals surface area contributed by atoms with Gasteiger partial charge in [-0.2, -0.15) is 0 Å². The molecule has 0 aliphatic carbocycles. The van der Waals surface area contributed by atoms with E-state index in [-0.39, 0.29) is 0 Å². The van der Waals surface area contributed by atoms with E-state index in [0.29, 0.717) is 0 Å². The van der Waals surface area contributed by atoms with Crippen LogP contribution in [0, 0.1) is 6.92 Å². The number of hydrogen-bond acceptors (Lipinski definition) is 4. The van der Waals surface area contributed by atoms with E-state index in [2.05, 4.69) is 28.2 Å². The maximum atomic E-state index is 6.07. The summed E-state index contributed by atoms with van der Waals surface area (Å²) >= 11 is 0. The van der Waals surface area contributed by atoms with Crippen LogP contribution in [0.2, 0.25) is 0 Å². The highest BCUT2D eigenvalue weighted by atomic mass is 16.5. The van der Waals surface area contributed by atoms with Gasteiger partial charge in [0.15, 0.2) is 0 Å². The number of anilines is 1. The van der Waals surface area contributed by atoms with Crippen LogP contribution in [0.1, 0.15) is 18.2 Å². The molecule has 4 nitrogen and oxygen atoms in total. The maximum absolute atomic E-state index is 6.07. The smallest absolute Gasteiger partial charge is 0.135 e. The number of rotatable bonds is 6. The van der Waals surface area contributed by atoms with Gasteiger partial charge in [-0.05, 0) is 25.6 Å². The van der Waals surface area contributed by atoms with Crippen molar-refractivity contribution in [1.29, 1.82) is 0 Å². The maximum Gasteiger partial charge on any atom is 0.135 e. The highest BCUT2D eigenvalue weighted by Crippen LogP contribution is 2.28. The van der Waals surface area contributed by atoms with Crippen molar-refractivity contribution in [2.45, 2.75) is 20.4 Å². The molecule has 1 aromatic heterocycles. The number of aryl methyl sites for hydroxylation is 1. The summed E-state index contributed by atoms with van der Waals surface area (Å²) in [7, 11) is 4.04. The third-order valence-electron chi connectivity index (χ3n) is 3.21. The molecular formula is C17H23N3O. The molecule has 0 bridgehead atoms. The first kappa shape index (κ1) is 15.3. The molecule has 0 aliphatic rings. The summed E-state index contributed by atoms with van der Waals surface area (Å²) in [5.41, 5.74) is 3.14. The van der Waals surface area contributed by atoms with E-state index < -0.39 is 0 Å². The van der Waals surface area contributed by atoms with Crippen LogP contribution in [0.25, 0.3) is 0 Å². The highest BCUT2D eigenvalue weighted by Gasteiger charge is 2.07. The van der Waals surface area contributed by atoms with Gasteiger partial charge in [-0.25, -0.2) is 0 Å². The van der Waals surface area contributed by atoms with E-state index in [1.54, 1.807) is 0 Å². The molecule has 0 atom stereocenters. The van der Waals surface area contributed by atoms with Crippen LogP contribution in [0.5, 0.6) is 11.5 Å². The van der Waals surface area contributed by atoms with E-state index in [1.165, 1.54) is 0 Å². The summed E-state index contributed by atoms with van der Waals surface area (Å²) < 4.78 is 6.07. The molecule has 112 valence electrons. The van der Waals surface area contributed by atoms with E-state index in [4.69, 9.17) is 4.74 Å². The SMILES string of the molecule is CCNCc1cnc(C)cc1Oc1cccc(N(C)C)c1. The average molecular weight is 285 g/mol. The van der Waals surface area contributed by atoms with Gasteiger partial charge in [0.1, 0.15) is 11.5 Å². The Hall–Kier alpha value is -2.07.